The summed E-state index contributed by atoms with van der Waals surface area (Å²) >= 11 is 0. The second-order valence-corrected chi connectivity index (χ2v) is 4.82. The Morgan fingerprint density at radius 3 is 2.90 bits per heavy atom. The van der Waals surface area contributed by atoms with E-state index in [4.69, 9.17) is 4.42 Å². The number of amides is 1. The molecule has 0 spiro atoms. The molecule has 3 heterocycles. The Bertz CT molecular complexity index is 862. The number of fused-ring (bicyclic) bond motifs is 2. The lowest BCUT2D eigenvalue weighted by Crippen LogP contribution is -2.20. The zero-order chi connectivity index (χ0) is 14.4. The predicted molar refractivity (Wildman–Crippen MR) is 79.5 cm³/mol. The van der Waals surface area contributed by atoms with Crippen molar-refractivity contribution in [2.24, 2.45) is 0 Å². The van der Waals surface area contributed by atoms with Crippen LogP contribution in [0.2, 0.25) is 0 Å². The number of rotatable bonds is 1. The van der Waals surface area contributed by atoms with E-state index in [1.54, 1.807) is 36.4 Å². The first-order valence-corrected chi connectivity index (χ1v) is 6.55. The van der Waals surface area contributed by atoms with Gasteiger partial charge in [0.15, 0.2) is 11.2 Å². The van der Waals surface area contributed by atoms with Gasteiger partial charge < -0.3 is 9.32 Å². The molecule has 1 aromatic carbocycles. The molecule has 0 N–H and O–H groups in total. The van der Waals surface area contributed by atoms with Crippen molar-refractivity contribution < 1.29 is 9.21 Å². The summed E-state index contributed by atoms with van der Waals surface area (Å²) in [6.45, 7) is 0. The van der Waals surface area contributed by atoms with E-state index in [-0.39, 0.29) is 5.91 Å². The summed E-state index contributed by atoms with van der Waals surface area (Å²) in [5.41, 5.74) is 3.51. The molecule has 0 saturated carbocycles. The van der Waals surface area contributed by atoms with Crippen molar-refractivity contribution in [2.75, 3.05) is 11.9 Å². The average molecular weight is 277 g/mol. The Labute approximate surface area is 120 Å². The second kappa shape index (κ2) is 4.28. The highest BCUT2D eigenvalue weighted by atomic mass is 16.3. The predicted octanol–water partition coefficient (Wildman–Crippen LogP) is 2.74. The van der Waals surface area contributed by atoms with Gasteiger partial charge in [-0.25, -0.2) is 4.98 Å². The number of hydrogen-bond acceptors (Lipinski definition) is 4. The number of carbonyl (C=O) groups is 1. The zero-order valence-electron chi connectivity index (χ0n) is 11.3. The first-order valence-electron chi connectivity index (χ1n) is 6.55. The molecule has 21 heavy (non-hydrogen) atoms. The molecule has 2 aromatic heterocycles. The lowest BCUT2D eigenvalue weighted by Gasteiger charge is -2.07. The molecule has 0 aliphatic carbocycles. The van der Waals surface area contributed by atoms with Crippen LogP contribution in [0.4, 0.5) is 5.69 Å². The van der Waals surface area contributed by atoms with Crippen LogP contribution in [-0.2, 0) is 4.79 Å². The van der Waals surface area contributed by atoms with Gasteiger partial charge >= 0.3 is 0 Å². The Morgan fingerprint density at radius 2 is 2.05 bits per heavy atom. The molecule has 102 valence electrons. The van der Waals surface area contributed by atoms with Gasteiger partial charge in [-0.1, -0.05) is 18.2 Å². The van der Waals surface area contributed by atoms with Crippen LogP contribution in [0.25, 0.3) is 22.9 Å². The van der Waals surface area contributed by atoms with Gasteiger partial charge in [-0.2, -0.15) is 4.98 Å². The number of para-hydroxylation sites is 1. The maximum absolute atomic E-state index is 12.4. The summed E-state index contributed by atoms with van der Waals surface area (Å²) < 4.78 is 5.61. The maximum atomic E-state index is 12.4. The topological polar surface area (TPSA) is 59.2 Å². The van der Waals surface area contributed by atoms with Crippen LogP contribution in [-0.4, -0.2) is 22.9 Å². The molecular formula is C16H11N3O2. The molecule has 1 amide bonds. The summed E-state index contributed by atoms with van der Waals surface area (Å²) in [6, 6.07) is 11.2. The van der Waals surface area contributed by atoms with Gasteiger partial charge in [0.05, 0.1) is 11.3 Å². The number of pyridine rings is 1. The van der Waals surface area contributed by atoms with Gasteiger partial charge in [-0.05, 0) is 18.2 Å². The zero-order valence-corrected chi connectivity index (χ0v) is 11.3. The van der Waals surface area contributed by atoms with E-state index in [0.717, 1.165) is 11.3 Å². The molecular weight excluding hydrogens is 266 g/mol. The van der Waals surface area contributed by atoms with Crippen LogP contribution in [0, 0.1) is 0 Å². The number of anilines is 1. The fourth-order valence-electron chi connectivity index (χ4n) is 2.51. The minimum Gasteiger partial charge on any atom is -0.435 e. The smallest absolute Gasteiger partial charge is 0.258 e. The molecule has 0 radical (unpaired) electrons. The highest BCUT2D eigenvalue weighted by Crippen LogP contribution is 2.36. The monoisotopic (exact) mass is 277 g/mol. The van der Waals surface area contributed by atoms with Crippen molar-refractivity contribution in [3.8, 4) is 0 Å². The largest absolute Gasteiger partial charge is 0.435 e. The number of benzene rings is 1. The molecule has 0 atom stereocenters. The van der Waals surface area contributed by atoms with Crippen molar-refractivity contribution in [1.29, 1.82) is 0 Å². The maximum Gasteiger partial charge on any atom is 0.258 e. The van der Waals surface area contributed by atoms with Crippen LogP contribution in [0.1, 0.15) is 11.5 Å². The molecule has 5 nitrogen and oxygen atoms in total. The van der Waals surface area contributed by atoms with Crippen LogP contribution >= 0.6 is 0 Å². The van der Waals surface area contributed by atoms with E-state index in [1.807, 2.05) is 24.3 Å². The number of hydrogen-bond donors (Lipinski definition) is 0. The number of nitrogens with zero attached hydrogens (tertiary/aromatic N) is 3. The summed E-state index contributed by atoms with van der Waals surface area (Å²) in [4.78, 5) is 22.4. The van der Waals surface area contributed by atoms with Crippen molar-refractivity contribution >= 4 is 34.5 Å². The molecule has 0 fully saturated rings. The molecule has 0 unspecified atom stereocenters. The third-order valence-electron chi connectivity index (χ3n) is 3.54. The Balaban J connectivity index is 1.87. The van der Waals surface area contributed by atoms with E-state index in [1.165, 1.54) is 0 Å². The minimum absolute atomic E-state index is 0.0635. The number of likely N-dealkylation sites (N-methyl/N-ethyl adjacent to an activating group) is 1. The third-order valence-corrected chi connectivity index (χ3v) is 3.54. The molecule has 0 bridgehead atoms. The van der Waals surface area contributed by atoms with Gasteiger partial charge in [-0.15, -0.1) is 0 Å². The lowest BCUT2D eigenvalue weighted by molar-refractivity contribution is -0.112. The SMILES string of the molecule is CN1C(=O)/C(=C\c2nc3ncccc3o2)c2ccccc21. The van der Waals surface area contributed by atoms with Gasteiger partial charge in [0.2, 0.25) is 5.89 Å². The van der Waals surface area contributed by atoms with Crippen molar-refractivity contribution in [3.63, 3.8) is 0 Å². The van der Waals surface area contributed by atoms with Crippen molar-refractivity contribution in [2.45, 2.75) is 0 Å². The van der Waals surface area contributed by atoms with E-state index in [9.17, 15) is 4.79 Å². The van der Waals surface area contributed by atoms with Crippen LogP contribution in [0.3, 0.4) is 0 Å². The number of oxazole rings is 1. The fraction of sp³-hybridized carbons (Fsp3) is 0.0625. The number of carbonyl (C=O) groups excluding carboxylic acids is 1. The normalized spacial score (nSPS) is 16.0. The van der Waals surface area contributed by atoms with Crippen molar-refractivity contribution in [3.05, 3.63) is 54.0 Å². The van der Waals surface area contributed by atoms with Crippen LogP contribution < -0.4 is 4.90 Å². The molecule has 1 aliphatic heterocycles. The molecule has 3 aromatic rings. The summed E-state index contributed by atoms with van der Waals surface area (Å²) in [5.74, 6) is 0.323. The third kappa shape index (κ3) is 1.74. The molecule has 4 rings (SSSR count). The standard InChI is InChI=1S/C16H11N3O2/c1-19-12-6-3-2-5-10(12)11(16(19)20)9-14-18-15-13(21-14)7-4-8-17-15/h2-9H,1H3/b11-9-. The highest BCUT2D eigenvalue weighted by molar-refractivity contribution is 6.35. The quantitative estimate of drug-likeness (QED) is 0.642. The minimum atomic E-state index is -0.0635. The van der Waals surface area contributed by atoms with E-state index >= 15 is 0 Å². The molecule has 0 saturated heterocycles. The molecule has 1 aliphatic rings. The first-order chi connectivity index (χ1) is 10.2. The van der Waals surface area contributed by atoms with Gasteiger partial charge in [0, 0.05) is 24.9 Å². The summed E-state index contributed by atoms with van der Waals surface area (Å²) in [6.07, 6.45) is 3.33. The lowest BCUT2D eigenvalue weighted by atomic mass is 10.1. The van der Waals surface area contributed by atoms with E-state index in [2.05, 4.69) is 9.97 Å². The summed E-state index contributed by atoms with van der Waals surface area (Å²) in [7, 11) is 1.76. The van der Waals surface area contributed by atoms with Gasteiger partial charge in [0.1, 0.15) is 0 Å². The second-order valence-electron chi connectivity index (χ2n) is 4.82. The van der Waals surface area contributed by atoms with Gasteiger partial charge in [0.25, 0.3) is 5.91 Å². The summed E-state index contributed by atoms with van der Waals surface area (Å²) in [5, 5.41) is 0. The van der Waals surface area contributed by atoms with E-state index in [0.29, 0.717) is 22.7 Å². The molecule has 5 heteroatoms. The number of aromatic nitrogens is 2. The average Bonchev–Trinajstić information content (AvgIpc) is 3.02. The van der Waals surface area contributed by atoms with Crippen LogP contribution in [0.15, 0.2) is 47.0 Å². The van der Waals surface area contributed by atoms with Crippen LogP contribution in [0.5, 0.6) is 0 Å². The Kier molecular flexibility index (Phi) is 2.41. The highest BCUT2D eigenvalue weighted by Gasteiger charge is 2.29. The Morgan fingerprint density at radius 1 is 1.19 bits per heavy atom. The van der Waals surface area contributed by atoms with Gasteiger partial charge in [-0.3, -0.25) is 4.79 Å². The Hall–Kier alpha value is -2.95. The first kappa shape index (κ1) is 11.8. The van der Waals surface area contributed by atoms with E-state index < -0.39 is 0 Å². The fourth-order valence-corrected chi connectivity index (χ4v) is 2.51. The van der Waals surface area contributed by atoms with Crippen molar-refractivity contribution in [1.82, 2.24) is 9.97 Å².